The van der Waals surface area contributed by atoms with Gasteiger partial charge in [0.1, 0.15) is 0 Å². The van der Waals surface area contributed by atoms with E-state index in [1.54, 1.807) is 0 Å². The van der Waals surface area contributed by atoms with Crippen molar-refractivity contribution in [2.45, 2.75) is 57.3 Å². The maximum absolute atomic E-state index is 12.9. The molecule has 4 aliphatic rings. The molecule has 4 heterocycles. The molecule has 4 aliphatic heterocycles. The fourth-order valence-corrected chi connectivity index (χ4v) is 5.27. The summed E-state index contributed by atoms with van der Waals surface area (Å²) in [6.07, 6.45) is 3.08. The van der Waals surface area contributed by atoms with Crippen LogP contribution >= 0.6 is 0 Å². The van der Waals surface area contributed by atoms with Crippen molar-refractivity contribution < 1.29 is 9.53 Å². The zero-order valence-corrected chi connectivity index (χ0v) is 13.8. The lowest BCUT2D eigenvalue weighted by molar-refractivity contribution is -0.138. The van der Waals surface area contributed by atoms with Crippen molar-refractivity contribution in [2.75, 3.05) is 32.8 Å². The maximum Gasteiger partial charge on any atom is 0.225 e. The summed E-state index contributed by atoms with van der Waals surface area (Å²) in [7, 11) is 0. The molecular formula is C17H29N3O2. The minimum Gasteiger partial charge on any atom is -0.375 e. The zero-order chi connectivity index (χ0) is 15.3. The van der Waals surface area contributed by atoms with Crippen molar-refractivity contribution in [1.82, 2.24) is 15.1 Å². The number of carbonyl (C=O) groups excluding carboxylic acids is 1. The molecule has 22 heavy (non-hydrogen) atoms. The fraction of sp³-hybridized carbons (Fsp3) is 0.941. The standard InChI is InChI=1S/C17H29N3O2/c1-11(2)19-5-6-22-12(10-19)7-17(21)20-15-3-4-16(20)14-9-18-8-13(14)15/h11-16,18H,3-10H2,1-2H3/t12?,13-,14+,15-,16+. The number of ether oxygens (including phenoxy) is 1. The minimum atomic E-state index is 0.0848. The van der Waals surface area contributed by atoms with Gasteiger partial charge in [0, 0.05) is 44.3 Å². The molecule has 0 aliphatic carbocycles. The Labute approximate surface area is 133 Å². The Kier molecular flexibility index (Phi) is 3.91. The van der Waals surface area contributed by atoms with Crippen molar-refractivity contribution in [2.24, 2.45) is 11.8 Å². The Bertz CT molecular complexity index is 424. The quantitative estimate of drug-likeness (QED) is 0.833. The monoisotopic (exact) mass is 307 g/mol. The minimum absolute atomic E-state index is 0.0848. The first-order chi connectivity index (χ1) is 10.6. The molecule has 4 fully saturated rings. The largest absolute Gasteiger partial charge is 0.375 e. The van der Waals surface area contributed by atoms with Gasteiger partial charge in [0.2, 0.25) is 5.91 Å². The lowest BCUT2D eigenvalue weighted by atomic mass is 9.82. The Balaban J connectivity index is 1.39. The number of amides is 1. The average molecular weight is 307 g/mol. The van der Waals surface area contributed by atoms with Gasteiger partial charge in [-0.05, 0) is 38.5 Å². The zero-order valence-electron chi connectivity index (χ0n) is 13.8. The van der Waals surface area contributed by atoms with E-state index in [1.165, 1.54) is 12.8 Å². The van der Waals surface area contributed by atoms with Crippen LogP contribution in [0.3, 0.4) is 0 Å². The van der Waals surface area contributed by atoms with Gasteiger partial charge >= 0.3 is 0 Å². The number of fused-ring (bicyclic) bond motifs is 5. The summed E-state index contributed by atoms with van der Waals surface area (Å²) in [4.78, 5) is 17.6. The van der Waals surface area contributed by atoms with Crippen LogP contribution < -0.4 is 5.32 Å². The van der Waals surface area contributed by atoms with Crippen LogP contribution in [0.15, 0.2) is 0 Å². The van der Waals surface area contributed by atoms with E-state index in [2.05, 4.69) is 29.0 Å². The molecule has 0 aromatic rings. The number of hydrogen-bond acceptors (Lipinski definition) is 4. The highest BCUT2D eigenvalue weighted by atomic mass is 16.5. The maximum atomic E-state index is 12.9. The molecule has 0 radical (unpaired) electrons. The summed E-state index contributed by atoms with van der Waals surface area (Å²) in [6.45, 7) is 9.32. The van der Waals surface area contributed by atoms with Crippen molar-refractivity contribution in [3.63, 3.8) is 0 Å². The number of nitrogens with zero attached hydrogens (tertiary/aromatic N) is 2. The van der Waals surface area contributed by atoms with Gasteiger partial charge in [-0.15, -0.1) is 0 Å². The molecule has 1 amide bonds. The van der Waals surface area contributed by atoms with E-state index in [9.17, 15) is 4.79 Å². The van der Waals surface area contributed by atoms with Gasteiger partial charge in [0.05, 0.1) is 19.1 Å². The number of nitrogens with one attached hydrogen (secondary N) is 1. The highest BCUT2D eigenvalue weighted by molar-refractivity contribution is 5.78. The van der Waals surface area contributed by atoms with Gasteiger partial charge < -0.3 is 15.0 Å². The Morgan fingerprint density at radius 1 is 1.23 bits per heavy atom. The van der Waals surface area contributed by atoms with Crippen LogP contribution in [-0.2, 0) is 9.53 Å². The van der Waals surface area contributed by atoms with Gasteiger partial charge in [-0.25, -0.2) is 0 Å². The molecule has 1 N–H and O–H groups in total. The molecule has 2 bridgehead atoms. The fourth-order valence-electron chi connectivity index (χ4n) is 5.27. The van der Waals surface area contributed by atoms with Crippen LogP contribution in [0.2, 0.25) is 0 Å². The third kappa shape index (κ3) is 2.38. The van der Waals surface area contributed by atoms with Gasteiger partial charge in [-0.1, -0.05) is 0 Å². The summed E-state index contributed by atoms with van der Waals surface area (Å²) in [5, 5.41) is 3.51. The average Bonchev–Trinajstić information content (AvgIpc) is 3.19. The van der Waals surface area contributed by atoms with Gasteiger partial charge in [0.15, 0.2) is 0 Å². The van der Waals surface area contributed by atoms with Crippen LogP contribution in [-0.4, -0.2) is 72.7 Å². The molecule has 4 rings (SSSR count). The molecule has 0 aromatic heterocycles. The number of hydrogen-bond donors (Lipinski definition) is 1. The summed E-state index contributed by atoms with van der Waals surface area (Å²) >= 11 is 0. The smallest absolute Gasteiger partial charge is 0.225 e. The van der Waals surface area contributed by atoms with E-state index in [1.807, 2.05) is 0 Å². The highest BCUT2D eigenvalue weighted by Crippen LogP contribution is 2.47. The number of rotatable bonds is 3. The van der Waals surface area contributed by atoms with Gasteiger partial charge in [-0.3, -0.25) is 9.69 Å². The van der Waals surface area contributed by atoms with Crippen molar-refractivity contribution in [1.29, 1.82) is 0 Å². The van der Waals surface area contributed by atoms with Crippen molar-refractivity contribution >= 4 is 5.91 Å². The first kappa shape index (κ1) is 14.9. The molecule has 5 heteroatoms. The first-order valence-corrected chi connectivity index (χ1v) is 9.02. The van der Waals surface area contributed by atoms with Crippen LogP contribution in [0, 0.1) is 11.8 Å². The summed E-state index contributed by atoms with van der Waals surface area (Å²) in [5.74, 6) is 1.77. The first-order valence-electron chi connectivity index (χ1n) is 9.02. The third-order valence-corrected chi connectivity index (χ3v) is 6.36. The van der Waals surface area contributed by atoms with Crippen molar-refractivity contribution in [3.05, 3.63) is 0 Å². The predicted octanol–water partition coefficient (Wildman–Crippen LogP) is 0.695. The SMILES string of the molecule is CC(C)N1CCOC(CC(=O)N2[C@@H]3CC[C@H]2[C@H]2CNC[C@H]23)C1. The predicted molar refractivity (Wildman–Crippen MR) is 84.6 cm³/mol. The highest BCUT2D eigenvalue weighted by Gasteiger charge is 2.56. The number of carbonyl (C=O) groups is 1. The topological polar surface area (TPSA) is 44.8 Å². The van der Waals surface area contributed by atoms with E-state index in [4.69, 9.17) is 4.74 Å². The molecule has 4 saturated heterocycles. The Morgan fingerprint density at radius 3 is 2.55 bits per heavy atom. The normalized spacial score (nSPS) is 41.4. The Morgan fingerprint density at radius 2 is 1.91 bits per heavy atom. The van der Waals surface area contributed by atoms with Crippen LogP contribution in [0.1, 0.15) is 33.1 Å². The second kappa shape index (κ2) is 5.77. The van der Waals surface area contributed by atoms with E-state index < -0.39 is 0 Å². The summed E-state index contributed by atoms with van der Waals surface area (Å²) in [6, 6.07) is 1.54. The molecule has 5 atom stereocenters. The van der Waals surface area contributed by atoms with Gasteiger partial charge in [-0.2, -0.15) is 0 Å². The van der Waals surface area contributed by atoms with Crippen LogP contribution in [0.5, 0.6) is 0 Å². The molecule has 1 unspecified atom stereocenters. The molecule has 0 aromatic carbocycles. The third-order valence-electron chi connectivity index (χ3n) is 6.36. The van der Waals surface area contributed by atoms with Crippen LogP contribution in [0.4, 0.5) is 0 Å². The lowest BCUT2D eigenvalue weighted by Crippen LogP contribution is -2.48. The second-order valence-corrected chi connectivity index (χ2v) is 7.78. The van der Waals surface area contributed by atoms with E-state index in [0.29, 0.717) is 42.3 Å². The summed E-state index contributed by atoms with van der Waals surface area (Å²) < 4.78 is 5.87. The molecule has 0 saturated carbocycles. The lowest BCUT2D eigenvalue weighted by Gasteiger charge is -2.36. The summed E-state index contributed by atoms with van der Waals surface area (Å²) in [5.41, 5.74) is 0. The van der Waals surface area contributed by atoms with E-state index in [-0.39, 0.29) is 6.10 Å². The number of morpholine rings is 1. The second-order valence-electron chi connectivity index (χ2n) is 7.78. The van der Waals surface area contributed by atoms with Crippen molar-refractivity contribution in [3.8, 4) is 0 Å². The van der Waals surface area contributed by atoms with E-state index >= 15 is 0 Å². The molecule has 124 valence electrons. The Hall–Kier alpha value is -0.650. The van der Waals surface area contributed by atoms with Gasteiger partial charge in [0.25, 0.3) is 0 Å². The molecule has 5 nitrogen and oxygen atoms in total. The molecular weight excluding hydrogens is 278 g/mol. The molecule has 0 spiro atoms. The van der Waals surface area contributed by atoms with E-state index in [0.717, 1.165) is 32.8 Å². The van der Waals surface area contributed by atoms with Crippen LogP contribution in [0.25, 0.3) is 0 Å².